The predicted molar refractivity (Wildman–Crippen MR) is 260 cm³/mol. The van der Waals surface area contributed by atoms with Gasteiger partial charge in [-0.15, -0.1) is 0 Å². The quantitative estimate of drug-likeness (QED) is 0.0376. The maximum atomic E-state index is 12.2. The van der Waals surface area contributed by atoms with Gasteiger partial charge in [0.1, 0.15) is 6.61 Å². The number of hydrogen-bond donors (Lipinski definition) is 1. The van der Waals surface area contributed by atoms with Crippen LogP contribution in [0.5, 0.6) is 0 Å². The molecule has 0 saturated carbocycles. The molecule has 5 nitrogen and oxygen atoms in total. The second kappa shape index (κ2) is 50.2. The summed E-state index contributed by atoms with van der Waals surface area (Å²) in [6.45, 7) is 3.98. The fourth-order valence-corrected chi connectivity index (χ4v) is 6.66. The summed E-state index contributed by atoms with van der Waals surface area (Å²) in [6.07, 6.45) is 70.7. The molecule has 0 radical (unpaired) electrons. The number of carbonyl (C=O) groups is 2. The van der Waals surface area contributed by atoms with Crippen LogP contribution in [0, 0.1) is 0 Å². The summed E-state index contributed by atoms with van der Waals surface area (Å²) >= 11 is 0. The van der Waals surface area contributed by atoms with Crippen molar-refractivity contribution in [3.8, 4) is 0 Å². The molecule has 0 heterocycles. The first kappa shape index (κ1) is 56.8. The molecule has 1 atom stereocenters. The molecule has 0 amide bonds. The third-order valence-corrected chi connectivity index (χ3v) is 10.4. The topological polar surface area (TPSA) is 72.8 Å². The predicted octanol–water partition coefficient (Wildman–Crippen LogP) is 16.4. The highest BCUT2D eigenvalue weighted by atomic mass is 16.6. The van der Waals surface area contributed by atoms with Gasteiger partial charge < -0.3 is 14.6 Å². The van der Waals surface area contributed by atoms with E-state index in [1.54, 1.807) is 0 Å². The van der Waals surface area contributed by atoms with Gasteiger partial charge in [-0.25, -0.2) is 0 Å². The second-order valence-corrected chi connectivity index (χ2v) is 16.2. The molecular weight excluding hydrogens is 741 g/mol. The lowest BCUT2D eigenvalue weighted by Crippen LogP contribution is -2.28. The van der Waals surface area contributed by atoms with Crippen LogP contribution in [0.2, 0.25) is 0 Å². The second-order valence-electron chi connectivity index (χ2n) is 16.2. The average molecular weight is 833 g/mol. The number of ether oxygens (including phenoxy) is 2. The molecule has 5 heteroatoms. The lowest BCUT2D eigenvalue weighted by Gasteiger charge is -2.15. The van der Waals surface area contributed by atoms with E-state index in [2.05, 4.69) is 111 Å². The van der Waals surface area contributed by atoms with Crippen LogP contribution in [0.1, 0.15) is 219 Å². The largest absolute Gasteiger partial charge is 0.462 e. The van der Waals surface area contributed by atoms with Crippen LogP contribution in [0.15, 0.2) is 97.2 Å². The summed E-state index contributed by atoms with van der Waals surface area (Å²) in [5.41, 5.74) is 0. The zero-order chi connectivity index (χ0) is 43.5. The Morgan fingerprint density at radius 1 is 0.400 bits per heavy atom. The Morgan fingerprint density at radius 2 is 0.733 bits per heavy atom. The summed E-state index contributed by atoms with van der Waals surface area (Å²) in [4.78, 5) is 24.4. The first-order chi connectivity index (χ1) is 29.6. The molecule has 0 aromatic rings. The number of hydrogen-bond acceptors (Lipinski definition) is 5. The van der Waals surface area contributed by atoms with Crippen LogP contribution in [0.3, 0.4) is 0 Å². The molecule has 0 aliphatic rings. The van der Waals surface area contributed by atoms with Gasteiger partial charge in [0, 0.05) is 12.8 Å². The van der Waals surface area contributed by atoms with Gasteiger partial charge in [0.05, 0.1) is 6.61 Å². The number of aliphatic hydroxyl groups is 1. The molecule has 0 aliphatic carbocycles. The van der Waals surface area contributed by atoms with E-state index in [1.807, 2.05) is 0 Å². The van der Waals surface area contributed by atoms with Crippen LogP contribution in [0.25, 0.3) is 0 Å². The fourth-order valence-electron chi connectivity index (χ4n) is 6.66. The zero-order valence-corrected chi connectivity index (χ0v) is 38.9. The van der Waals surface area contributed by atoms with Gasteiger partial charge in [-0.1, -0.05) is 214 Å². The normalized spacial score (nSPS) is 13.1. The fraction of sp³-hybridized carbons (Fsp3) is 0.673. The Morgan fingerprint density at radius 3 is 1.15 bits per heavy atom. The number of rotatable bonds is 44. The average Bonchev–Trinajstić information content (AvgIpc) is 3.25. The van der Waals surface area contributed by atoms with Gasteiger partial charge in [0.2, 0.25) is 0 Å². The number of carbonyl (C=O) groups excluding carboxylic acids is 2. The van der Waals surface area contributed by atoms with E-state index >= 15 is 0 Å². The van der Waals surface area contributed by atoms with Crippen molar-refractivity contribution in [3.63, 3.8) is 0 Å². The summed E-state index contributed by atoms with van der Waals surface area (Å²) in [6, 6.07) is 0. The SMILES string of the molecule is CC/C=C\C/C=C\C/C=C\C/C=C\C/C=C\C/C=C\C/C=C\CCCC(=O)OC(CO)COC(=O)CCCCCCCCCCCCC/C=C\CCCCCCCCCC. The Hall–Kier alpha value is -3.18. The Kier molecular flexibility index (Phi) is 47.5. The third-order valence-electron chi connectivity index (χ3n) is 10.4. The Balaban J connectivity index is 3.63. The van der Waals surface area contributed by atoms with E-state index in [0.29, 0.717) is 12.8 Å². The number of allylic oxidation sites excluding steroid dienone is 16. The first-order valence-electron chi connectivity index (χ1n) is 24.8. The van der Waals surface area contributed by atoms with Gasteiger partial charge in [0.15, 0.2) is 6.10 Å². The van der Waals surface area contributed by atoms with Crippen molar-refractivity contribution in [1.29, 1.82) is 0 Å². The Bertz CT molecular complexity index is 1170. The molecule has 0 aliphatic heterocycles. The minimum atomic E-state index is -0.809. The Labute approximate surface area is 370 Å². The van der Waals surface area contributed by atoms with Crippen molar-refractivity contribution >= 4 is 11.9 Å². The molecule has 0 rings (SSSR count). The van der Waals surface area contributed by atoms with E-state index in [4.69, 9.17) is 9.47 Å². The van der Waals surface area contributed by atoms with E-state index in [1.165, 1.54) is 116 Å². The van der Waals surface area contributed by atoms with Gasteiger partial charge in [0.25, 0.3) is 0 Å². The van der Waals surface area contributed by atoms with Crippen LogP contribution in [-0.2, 0) is 19.1 Å². The van der Waals surface area contributed by atoms with Crippen molar-refractivity contribution in [2.45, 2.75) is 225 Å². The molecule has 60 heavy (non-hydrogen) atoms. The van der Waals surface area contributed by atoms with Crippen molar-refractivity contribution in [2.24, 2.45) is 0 Å². The molecule has 0 aromatic heterocycles. The highest BCUT2D eigenvalue weighted by Gasteiger charge is 2.16. The zero-order valence-electron chi connectivity index (χ0n) is 38.9. The van der Waals surface area contributed by atoms with Crippen LogP contribution in [-0.4, -0.2) is 36.4 Å². The molecule has 0 aromatic carbocycles. The van der Waals surface area contributed by atoms with Crippen LogP contribution < -0.4 is 0 Å². The number of unbranched alkanes of at least 4 members (excludes halogenated alkanes) is 20. The molecule has 342 valence electrons. The summed E-state index contributed by atoms with van der Waals surface area (Å²) in [5.74, 6) is -0.664. The molecule has 1 N–H and O–H groups in total. The minimum Gasteiger partial charge on any atom is -0.462 e. The van der Waals surface area contributed by atoms with Crippen molar-refractivity contribution in [1.82, 2.24) is 0 Å². The lowest BCUT2D eigenvalue weighted by molar-refractivity contribution is -0.161. The smallest absolute Gasteiger partial charge is 0.306 e. The molecule has 0 bridgehead atoms. The van der Waals surface area contributed by atoms with Crippen molar-refractivity contribution in [3.05, 3.63) is 97.2 Å². The lowest BCUT2D eigenvalue weighted by atomic mass is 10.0. The van der Waals surface area contributed by atoms with Crippen LogP contribution in [0.4, 0.5) is 0 Å². The summed E-state index contributed by atoms with van der Waals surface area (Å²) < 4.78 is 10.6. The summed E-state index contributed by atoms with van der Waals surface area (Å²) in [7, 11) is 0. The van der Waals surface area contributed by atoms with Gasteiger partial charge >= 0.3 is 11.9 Å². The molecule has 1 unspecified atom stereocenters. The summed E-state index contributed by atoms with van der Waals surface area (Å²) in [5, 5.41) is 9.61. The highest BCUT2D eigenvalue weighted by Crippen LogP contribution is 2.14. The van der Waals surface area contributed by atoms with Crippen molar-refractivity contribution in [2.75, 3.05) is 13.2 Å². The maximum Gasteiger partial charge on any atom is 0.306 e. The number of aliphatic hydroxyl groups excluding tert-OH is 1. The van der Waals surface area contributed by atoms with Crippen LogP contribution >= 0.6 is 0 Å². The monoisotopic (exact) mass is 833 g/mol. The maximum absolute atomic E-state index is 12.2. The van der Waals surface area contributed by atoms with E-state index in [-0.39, 0.29) is 31.6 Å². The van der Waals surface area contributed by atoms with E-state index in [9.17, 15) is 14.7 Å². The van der Waals surface area contributed by atoms with Crippen molar-refractivity contribution < 1.29 is 24.2 Å². The standard InChI is InChI=1S/C55H92O5/c1-3-5-7-9-11-13-15-17-19-21-23-25-27-29-31-33-35-37-39-41-43-45-47-49-54(57)59-52-53(51-56)60-55(58)50-48-46-44-42-40-38-36-34-32-30-28-26-24-22-20-18-16-14-12-10-8-6-4-2/h6,8,12,14,18,20-21,23-24,26,30,32,36,38,42,44,53,56H,3-5,7,9-11,13,15-17,19,22,25,27-29,31,33-35,37,39-41,43,45-52H2,1-2H3/b8-6-,14-12-,20-18-,23-21-,26-24-,32-30-,38-36-,44-42-. The van der Waals surface area contributed by atoms with E-state index in [0.717, 1.165) is 70.6 Å². The van der Waals surface area contributed by atoms with E-state index < -0.39 is 6.10 Å². The highest BCUT2D eigenvalue weighted by molar-refractivity contribution is 5.70. The third kappa shape index (κ3) is 47.5. The molecule has 0 spiro atoms. The van der Waals surface area contributed by atoms with Gasteiger partial charge in [-0.3, -0.25) is 9.59 Å². The molecule has 0 fully saturated rings. The number of esters is 2. The van der Waals surface area contributed by atoms with Gasteiger partial charge in [-0.05, 0) is 89.9 Å². The van der Waals surface area contributed by atoms with Gasteiger partial charge in [-0.2, -0.15) is 0 Å². The molecule has 0 saturated heterocycles. The minimum absolute atomic E-state index is 0.0943. The molecular formula is C55H92O5. The first-order valence-corrected chi connectivity index (χ1v) is 24.8.